The number of fused-ring (bicyclic) bond motifs is 1. The molecule has 2 aromatic rings. The minimum atomic E-state index is -0.0314. The van der Waals surface area contributed by atoms with Crippen molar-refractivity contribution in [2.75, 3.05) is 6.54 Å². The van der Waals surface area contributed by atoms with Crippen LogP contribution in [0.5, 0.6) is 5.75 Å². The Bertz CT molecular complexity index is 626. The largest absolute Gasteiger partial charge is 0.484 e. The average molecular weight is 357 g/mol. The van der Waals surface area contributed by atoms with Crippen molar-refractivity contribution in [3.8, 4) is 5.75 Å². The Kier molecular flexibility index (Phi) is 4.06. The molecule has 0 amide bonds. The lowest BCUT2D eigenvalue weighted by Crippen LogP contribution is -2.14. The zero-order valence-electron chi connectivity index (χ0n) is 11.1. The molecule has 1 aliphatic rings. The maximum atomic E-state index is 6.23. The number of furan rings is 1. The van der Waals surface area contributed by atoms with Gasteiger partial charge in [0.05, 0.1) is 11.6 Å². The number of hydrogen-bond donors (Lipinski definition) is 1. The maximum Gasteiger partial charge on any atom is 0.138 e. The number of nitrogens with one attached hydrogen (secondary N) is 1. The molecule has 5 heteroatoms. The van der Waals surface area contributed by atoms with Gasteiger partial charge in [-0.3, -0.25) is 0 Å². The Hall–Kier alpha value is -0.970. The number of aryl methyl sites for hydroxylation is 1. The summed E-state index contributed by atoms with van der Waals surface area (Å²) < 4.78 is 12.8. The SMILES string of the molecule is Cc1cc2c(o1)CNCCC2Oc1ccc(Br)cc1Cl. The summed E-state index contributed by atoms with van der Waals surface area (Å²) in [6.45, 7) is 3.59. The lowest BCUT2D eigenvalue weighted by molar-refractivity contribution is 0.197. The monoisotopic (exact) mass is 355 g/mol. The van der Waals surface area contributed by atoms with Crippen molar-refractivity contribution >= 4 is 27.5 Å². The van der Waals surface area contributed by atoms with Gasteiger partial charge in [-0.2, -0.15) is 0 Å². The molecule has 0 saturated heterocycles. The van der Waals surface area contributed by atoms with Crippen LogP contribution in [0.1, 0.15) is 29.6 Å². The third-order valence-corrected chi connectivity index (χ3v) is 4.13. The zero-order chi connectivity index (χ0) is 14.1. The van der Waals surface area contributed by atoms with Gasteiger partial charge in [-0.1, -0.05) is 27.5 Å². The molecule has 0 aliphatic carbocycles. The van der Waals surface area contributed by atoms with E-state index < -0.39 is 0 Å². The van der Waals surface area contributed by atoms with E-state index in [1.54, 1.807) is 0 Å². The van der Waals surface area contributed by atoms with E-state index in [0.717, 1.165) is 41.1 Å². The predicted molar refractivity (Wildman–Crippen MR) is 82.3 cm³/mol. The number of hydrogen-bond acceptors (Lipinski definition) is 3. The van der Waals surface area contributed by atoms with E-state index in [1.165, 1.54) is 0 Å². The first kappa shape index (κ1) is 14.0. The number of halogens is 2. The lowest BCUT2D eigenvalue weighted by Gasteiger charge is -2.18. The van der Waals surface area contributed by atoms with Crippen LogP contribution in [0.25, 0.3) is 0 Å². The standard InChI is InChI=1S/C15H15BrClNO2/c1-9-6-11-13(4-5-18-8-15(11)19-9)20-14-3-2-10(16)7-12(14)17/h2-3,6-7,13,18H,4-5,8H2,1H3. The quantitative estimate of drug-likeness (QED) is 0.853. The topological polar surface area (TPSA) is 34.4 Å². The normalized spacial score (nSPS) is 18.4. The van der Waals surface area contributed by atoms with Crippen LogP contribution in [0.4, 0.5) is 0 Å². The summed E-state index contributed by atoms with van der Waals surface area (Å²) in [4.78, 5) is 0. The fraction of sp³-hybridized carbons (Fsp3) is 0.333. The zero-order valence-corrected chi connectivity index (χ0v) is 13.4. The Morgan fingerprint density at radius 2 is 2.25 bits per heavy atom. The molecule has 3 nitrogen and oxygen atoms in total. The van der Waals surface area contributed by atoms with Gasteiger partial charge < -0.3 is 14.5 Å². The van der Waals surface area contributed by atoms with Crippen molar-refractivity contribution < 1.29 is 9.15 Å². The molecule has 0 radical (unpaired) electrons. The molecule has 1 N–H and O–H groups in total. The van der Waals surface area contributed by atoms with Crippen LogP contribution in [0.15, 0.2) is 33.2 Å². The van der Waals surface area contributed by atoms with Gasteiger partial charge in [0.25, 0.3) is 0 Å². The van der Waals surface area contributed by atoms with Gasteiger partial charge in [0.15, 0.2) is 0 Å². The van der Waals surface area contributed by atoms with Gasteiger partial charge >= 0.3 is 0 Å². The smallest absolute Gasteiger partial charge is 0.138 e. The second-order valence-corrected chi connectivity index (χ2v) is 6.21. The van der Waals surface area contributed by atoms with Gasteiger partial charge in [-0.05, 0) is 37.7 Å². The molecule has 0 fully saturated rings. The molecule has 1 unspecified atom stereocenters. The molecular weight excluding hydrogens is 342 g/mol. The molecule has 0 saturated carbocycles. The van der Waals surface area contributed by atoms with Crippen molar-refractivity contribution in [3.63, 3.8) is 0 Å². The van der Waals surface area contributed by atoms with E-state index in [2.05, 4.69) is 27.3 Å². The molecule has 1 aromatic heterocycles. The first-order valence-corrected chi connectivity index (χ1v) is 7.72. The predicted octanol–water partition coefficient (Wildman–Crippen LogP) is 4.62. The van der Waals surface area contributed by atoms with E-state index in [-0.39, 0.29) is 6.10 Å². The van der Waals surface area contributed by atoms with Gasteiger partial charge in [-0.15, -0.1) is 0 Å². The van der Waals surface area contributed by atoms with Crippen molar-refractivity contribution in [2.45, 2.75) is 26.0 Å². The first-order chi connectivity index (χ1) is 9.63. The van der Waals surface area contributed by atoms with Crippen molar-refractivity contribution in [3.05, 3.63) is 50.8 Å². The number of ether oxygens (including phenoxy) is 1. The molecule has 3 rings (SSSR count). The fourth-order valence-corrected chi connectivity index (χ4v) is 3.15. The minimum absolute atomic E-state index is 0.0314. The molecular formula is C15H15BrClNO2. The first-order valence-electron chi connectivity index (χ1n) is 6.55. The van der Waals surface area contributed by atoms with Crippen LogP contribution in [0, 0.1) is 6.92 Å². The molecule has 1 aromatic carbocycles. The van der Waals surface area contributed by atoms with Crippen LogP contribution in [0.2, 0.25) is 5.02 Å². The van der Waals surface area contributed by atoms with Crippen LogP contribution >= 0.6 is 27.5 Å². The van der Waals surface area contributed by atoms with Crippen LogP contribution in [-0.2, 0) is 6.54 Å². The van der Waals surface area contributed by atoms with E-state index >= 15 is 0 Å². The van der Waals surface area contributed by atoms with Gasteiger partial charge in [-0.25, -0.2) is 0 Å². The fourth-order valence-electron chi connectivity index (χ4n) is 2.43. The van der Waals surface area contributed by atoms with Gasteiger partial charge in [0.2, 0.25) is 0 Å². The highest BCUT2D eigenvalue weighted by Gasteiger charge is 2.24. The van der Waals surface area contributed by atoms with Crippen molar-refractivity contribution in [1.82, 2.24) is 5.32 Å². The average Bonchev–Trinajstić information content (AvgIpc) is 2.67. The summed E-state index contributed by atoms with van der Waals surface area (Å²) in [6.07, 6.45) is 0.856. The minimum Gasteiger partial charge on any atom is -0.484 e. The third kappa shape index (κ3) is 2.87. The molecule has 106 valence electrons. The number of rotatable bonds is 2. The Morgan fingerprint density at radius 3 is 3.05 bits per heavy atom. The highest BCUT2D eigenvalue weighted by atomic mass is 79.9. The lowest BCUT2D eigenvalue weighted by atomic mass is 10.1. The number of benzene rings is 1. The maximum absolute atomic E-state index is 6.23. The summed E-state index contributed by atoms with van der Waals surface area (Å²) >= 11 is 9.63. The summed E-state index contributed by atoms with van der Waals surface area (Å²) in [5.41, 5.74) is 1.12. The molecule has 1 atom stereocenters. The molecule has 0 spiro atoms. The van der Waals surface area contributed by atoms with Gasteiger partial charge in [0, 0.05) is 16.5 Å². The van der Waals surface area contributed by atoms with E-state index in [0.29, 0.717) is 10.8 Å². The summed E-state index contributed by atoms with van der Waals surface area (Å²) in [5, 5.41) is 3.95. The Balaban J connectivity index is 1.89. The molecule has 20 heavy (non-hydrogen) atoms. The van der Waals surface area contributed by atoms with Crippen LogP contribution in [0.3, 0.4) is 0 Å². The van der Waals surface area contributed by atoms with E-state index in [9.17, 15) is 0 Å². The van der Waals surface area contributed by atoms with Crippen molar-refractivity contribution in [1.29, 1.82) is 0 Å². The second-order valence-electron chi connectivity index (χ2n) is 4.88. The third-order valence-electron chi connectivity index (χ3n) is 3.34. The van der Waals surface area contributed by atoms with Gasteiger partial charge in [0.1, 0.15) is 23.4 Å². The second kappa shape index (κ2) is 5.80. The summed E-state index contributed by atoms with van der Waals surface area (Å²) in [6, 6.07) is 7.71. The molecule has 2 heterocycles. The van der Waals surface area contributed by atoms with Crippen molar-refractivity contribution in [2.24, 2.45) is 0 Å². The summed E-state index contributed by atoms with van der Waals surface area (Å²) in [5.74, 6) is 2.57. The van der Waals surface area contributed by atoms with Crippen LogP contribution < -0.4 is 10.1 Å². The molecule has 1 aliphatic heterocycles. The summed E-state index contributed by atoms with van der Waals surface area (Å²) in [7, 11) is 0. The highest BCUT2D eigenvalue weighted by Crippen LogP contribution is 2.35. The molecule has 0 bridgehead atoms. The van der Waals surface area contributed by atoms with E-state index in [4.69, 9.17) is 20.8 Å². The van der Waals surface area contributed by atoms with Crippen LogP contribution in [-0.4, -0.2) is 6.54 Å². The Labute approximate surface area is 131 Å². The Morgan fingerprint density at radius 1 is 1.40 bits per heavy atom. The highest BCUT2D eigenvalue weighted by molar-refractivity contribution is 9.10. The van der Waals surface area contributed by atoms with E-state index in [1.807, 2.05) is 25.1 Å².